The molecule has 0 amide bonds. The third kappa shape index (κ3) is 72.4. The fourth-order valence-corrected chi connectivity index (χ4v) is 13.7. The third-order valence-corrected chi connectivity index (χ3v) is 20.3. The Morgan fingerprint density at radius 2 is 0.469 bits per heavy atom. The molecule has 0 fully saturated rings. The van der Waals surface area contributed by atoms with Crippen molar-refractivity contribution in [1.82, 2.24) is 0 Å². The zero-order valence-electron chi connectivity index (χ0n) is 64.3. The number of carbonyl (C=O) groups is 4. The average molecular weight is 1440 g/mol. The van der Waals surface area contributed by atoms with Gasteiger partial charge in [0.1, 0.15) is 19.3 Å². The fourth-order valence-electron chi connectivity index (χ4n) is 12.1. The molecule has 0 saturated heterocycles. The first-order valence-corrected chi connectivity index (χ1v) is 43.8. The Labute approximate surface area is 600 Å². The van der Waals surface area contributed by atoms with Crippen LogP contribution in [0.5, 0.6) is 0 Å². The van der Waals surface area contributed by atoms with Gasteiger partial charge in [0, 0.05) is 25.7 Å². The Bertz CT molecular complexity index is 1900. The minimum absolute atomic E-state index is 0.106. The van der Waals surface area contributed by atoms with Crippen LogP contribution in [0.4, 0.5) is 0 Å². The summed E-state index contributed by atoms with van der Waals surface area (Å²) in [5.41, 5.74) is 0. The number of unbranched alkanes of at least 4 members (excludes halogenated alkanes) is 45. The first-order valence-electron chi connectivity index (χ1n) is 40.8. The van der Waals surface area contributed by atoms with Gasteiger partial charge in [0.2, 0.25) is 0 Å². The van der Waals surface area contributed by atoms with Crippen LogP contribution in [-0.2, 0) is 65.4 Å². The maximum absolute atomic E-state index is 13.1. The summed E-state index contributed by atoms with van der Waals surface area (Å²) in [6.07, 6.45) is 56.7. The molecule has 0 heterocycles. The molecule has 0 saturated carbocycles. The lowest BCUT2D eigenvalue weighted by Crippen LogP contribution is -2.30. The number of hydrogen-bond acceptors (Lipinski definition) is 15. The van der Waals surface area contributed by atoms with E-state index in [1.54, 1.807) is 0 Å². The van der Waals surface area contributed by atoms with Crippen LogP contribution in [-0.4, -0.2) is 96.7 Å². The Hall–Kier alpha value is -1.94. The summed E-state index contributed by atoms with van der Waals surface area (Å²) in [6.45, 7) is 12.0. The summed E-state index contributed by atoms with van der Waals surface area (Å²) in [7, 11) is -9.92. The predicted octanol–water partition coefficient (Wildman–Crippen LogP) is 23.4. The second-order valence-electron chi connectivity index (χ2n) is 29.9. The van der Waals surface area contributed by atoms with E-state index >= 15 is 0 Å². The lowest BCUT2D eigenvalue weighted by molar-refractivity contribution is -0.161. The Balaban J connectivity index is 5.26. The normalized spacial score (nSPS) is 14.0. The van der Waals surface area contributed by atoms with Crippen molar-refractivity contribution < 1.29 is 80.2 Å². The number of phosphoric ester groups is 2. The number of aliphatic hydroxyl groups is 1. The molecule has 3 N–H and O–H groups in total. The minimum Gasteiger partial charge on any atom is -0.462 e. The lowest BCUT2D eigenvalue weighted by Gasteiger charge is -2.21. The molecule has 0 aliphatic carbocycles. The van der Waals surface area contributed by atoms with Gasteiger partial charge >= 0.3 is 39.5 Å². The van der Waals surface area contributed by atoms with Gasteiger partial charge in [-0.25, -0.2) is 9.13 Å². The topological polar surface area (TPSA) is 237 Å². The van der Waals surface area contributed by atoms with Crippen LogP contribution in [0.1, 0.15) is 408 Å². The number of phosphoric acid groups is 2. The van der Waals surface area contributed by atoms with E-state index in [0.29, 0.717) is 25.7 Å². The molecule has 2 unspecified atom stereocenters. The number of esters is 4. The molecule has 0 aliphatic heterocycles. The first-order chi connectivity index (χ1) is 47.2. The van der Waals surface area contributed by atoms with E-state index in [9.17, 15) is 43.2 Å². The van der Waals surface area contributed by atoms with E-state index in [1.165, 1.54) is 218 Å². The summed E-state index contributed by atoms with van der Waals surface area (Å²) in [6, 6.07) is 0. The molecule has 0 aromatic carbocycles. The van der Waals surface area contributed by atoms with Crippen molar-refractivity contribution in [3.8, 4) is 0 Å². The van der Waals surface area contributed by atoms with Gasteiger partial charge in [-0.3, -0.25) is 37.3 Å². The quantitative estimate of drug-likeness (QED) is 0.0222. The highest BCUT2D eigenvalue weighted by Gasteiger charge is 2.30. The molecule has 582 valence electrons. The molecular weight excluding hydrogens is 1280 g/mol. The number of hydrogen-bond donors (Lipinski definition) is 3. The Morgan fingerprint density at radius 1 is 0.276 bits per heavy atom. The van der Waals surface area contributed by atoms with Crippen LogP contribution in [0.25, 0.3) is 0 Å². The van der Waals surface area contributed by atoms with Gasteiger partial charge in [0.25, 0.3) is 0 Å². The monoisotopic (exact) mass is 1440 g/mol. The van der Waals surface area contributed by atoms with Crippen molar-refractivity contribution in [2.45, 2.75) is 426 Å². The summed E-state index contributed by atoms with van der Waals surface area (Å²) in [4.78, 5) is 73.0. The van der Waals surface area contributed by atoms with Gasteiger partial charge in [0.05, 0.1) is 26.4 Å². The SMILES string of the molecule is CCCCCCCCCCCCCCC(=O)OC[C@H](COP(=O)(O)OC[C@H](O)COP(=O)(O)OC[C@@H](COC(=O)CCCCCCCCCCCCCCC(C)C)OC(=O)CCCCCCCCCCCCCCCCCC(C)C)OC(=O)CCCCCCCCCCCCC(C)C. The maximum Gasteiger partial charge on any atom is 0.472 e. The van der Waals surface area contributed by atoms with E-state index in [4.69, 9.17) is 37.0 Å². The van der Waals surface area contributed by atoms with E-state index < -0.39 is 97.5 Å². The van der Waals surface area contributed by atoms with Crippen LogP contribution in [0.3, 0.4) is 0 Å². The molecule has 0 spiro atoms. The molecule has 0 aromatic heterocycles. The van der Waals surface area contributed by atoms with Crippen molar-refractivity contribution in [2.75, 3.05) is 39.6 Å². The summed E-state index contributed by atoms with van der Waals surface area (Å²) >= 11 is 0. The molecule has 0 bridgehead atoms. The average Bonchev–Trinajstić information content (AvgIpc) is 1.23. The van der Waals surface area contributed by atoms with E-state index in [0.717, 1.165) is 108 Å². The molecule has 19 heteroatoms. The number of carbonyl (C=O) groups excluding carboxylic acids is 4. The van der Waals surface area contributed by atoms with Crippen molar-refractivity contribution >= 4 is 39.5 Å². The summed E-state index contributed by atoms with van der Waals surface area (Å²) in [5, 5.41) is 10.6. The molecule has 5 atom stereocenters. The second-order valence-corrected chi connectivity index (χ2v) is 32.8. The maximum atomic E-state index is 13.1. The zero-order chi connectivity index (χ0) is 72.3. The predicted molar refractivity (Wildman–Crippen MR) is 400 cm³/mol. The Morgan fingerprint density at radius 3 is 0.694 bits per heavy atom. The number of rotatable bonds is 77. The van der Waals surface area contributed by atoms with Crippen molar-refractivity contribution in [2.24, 2.45) is 17.8 Å². The fraction of sp³-hybridized carbons (Fsp3) is 0.949. The summed E-state index contributed by atoms with van der Waals surface area (Å²) in [5.74, 6) is 0.225. The van der Waals surface area contributed by atoms with Gasteiger partial charge in [-0.15, -0.1) is 0 Å². The number of aliphatic hydroxyl groups excluding tert-OH is 1. The molecule has 0 rings (SSSR count). The molecule has 0 aromatic rings. The van der Waals surface area contributed by atoms with Crippen LogP contribution >= 0.6 is 15.6 Å². The van der Waals surface area contributed by atoms with E-state index in [1.807, 2.05) is 0 Å². The van der Waals surface area contributed by atoms with Gasteiger partial charge < -0.3 is 33.8 Å². The third-order valence-electron chi connectivity index (χ3n) is 18.4. The standard InChI is InChI=1S/C79H154O17P2/c1-8-9-10-11-12-13-14-24-32-39-46-53-60-76(81)89-67-75(96-79(84)63-56-49-42-35-28-27-31-38-45-52-59-72(6)7)69-94-98(87,88)92-65-73(80)64-91-97(85,86)93-68-74(66-90-77(82)61-54-47-40-33-25-21-20-23-30-37-44-51-58-71(4)5)95-78(83)62-55-48-41-34-26-19-17-15-16-18-22-29-36-43-50-57-70(2)3/h70-75,80H,8-69H2,1-7H3,(H,85,86)(H,87,88)/t73-,74-,75-/m1/s1. The smallest absolute Gasteiger partial charge is 0.462 e. The van der Waals surface area contributed by atoms with Crippen molar-refractivity contribution in [1.29, 1.82) is 0 Å². The molecular formula is C79H154O17P2. The van der Waals surface area contributed by atoms with Gasteiger partial charge in [-0.2, -0.15) is 0 Å². The minimum atomic E-state index is -4.96. The highest BCUT2D eigenvalue weighted by atomic mass is 31.2. The van der Waals surface area contributed by atoms with E-state index in [-0.39, 0.29) is 25.7 Å². The van der Waals surface area contributed by atoms with Crippen molar-refractivity contribution in [3.63, 3.8) is 0 Å². The lowest BCUT2D eigenvalue weighted by atomic mass is 10.0. The van der Waals surface area contributed by atoms with Gasteiger partial charge in [-0.1, -0.05) is 357 Å². The number of ether oxygens (including phenoxy) is 4. The highest BCUT2D eigenvalue weighted by Crippen LogP contribution is 2.45. The van der Waals surface area contributed by atoms with Crippen LogP contribution in [0, 0.1) is 17.8 Å². The molecule has 98 heavy (non-hydrogen) atoms. The zero-order valence-corrected chi connectivity index (χ0v) is 66.0. The Kier molecular flexibility index (Phi) is 68.1. The van der Waals surface area contributed by atoms with Crippen LogP contribution in [0.15, 0.2) is 0 Å². The largest absolute Gasteiger partial charge is 0.472 e. The highest BCUT2D eigenvalue weighted by molar-refractivity contribution is 7.47. The van der Waals surface area contributed by atoms with Gasteiger partial charge in [0.15, 0.2) is 12.2 Å². The first kappa shape index (κ1) is 96.1. The molecule has 0 aliphatic rings. The summed E-state index contributed by atoms with van der Waals surface area (Å²) < 4.78 is 68.7. The van der Waals surface area contributed by atoms with E-state index in [2.05, 4.69) is 48.5 Å². The molecule has 17 nitrogen and oxygen atoms in total. The van der Waals surface area contributed by atoms with Crippen LogP contribution < -0.4 is 0 Å². The molecule has 0 radical (unpaired) electrons. The van der Waals surface area contributed by atoms with Gasteiger partial charge in [-0.05, 0) is 43.4 Å². The van der Waals surface area contributed by atoms with Crippen molar-refractivity contribution in [3.05, 3.63) is 0 Å². The van der Waals surface area contributed by atoms with Crippen LogP contribution in [0.2, 0.25) is 0 Å². The second kappa shape index (κ2) is 69.4.